The third-order valence-corrected chi connectivity index (χ3v) is 3.58. The summed E-state index contributed by atoms with van der Waals surface area (Å²) in [5, 5.41) is 0. The molecule has 1 amide bonds. The van der Waals surface area contributed by atoms with Crippen molar-refractivity contribution in [3.63, 3.8) is 0 Å². The summed E-state index contributed by atoms with van der Waals surface area (Å²) in [4.78, 5) is 37.7. The van der Waals surface area contributed by atoms with Gasteiger partial charge in [-0.2, -0.15) is 0 Å². The molecule has 7 nitrogen and oxygen atoms in total. The Balaban J connectivity index is 2.71. The maximum atomic E-state index is 12.1. The first-order chi connectivity index (χ1) is 11.7. The summed E-state index contributed by atoms with van der Waals surface area (Å²) in [5.41, 5.74) is -0.603. The number of hydrogen-bond donors (Lipinski definition) is 0. The van der Waals surface area contributed by atoms with Crippen LogP contribution in [-0.4, -0.2) is 54.8 Å². The molecule has 0 atom stereocenters. The van der Waals surface area contributed by atoms with Crippen LogP contribution < -0.4 is 0 Å². The minimum Gasteiger partial charge on any atom is -0.462 e. The van der Waals surface area contributed by atoms with Crippen LogP contribution in [0, 0.1) is 5.92 Å². The Morgan fingerprint density at radius 3 is 1.88 bits per heavy atom. The standard InChI is InChI=1S/C18H29NO6/c1-6-23-15(20)14(16(21)24-7-2)12-13-8-10-19(11-9-13)17(22)25-18(3,4)5/h12-13H,6-11H2,1-5H3. The van der Waals surface area contributed by atoms with E-state index in [2.05, 4.69) is 0 Å². The normalized spacial score (nSPS) is 15.3. The van der Waals surface area contributed by atoms with E-state index in [1.54, 1.807) is 24.8 Å². The zero-order valence-electron chi connectivity index (χ0n) is 15.8. The van der Waals surface area contributed by atoms with E-state index in [1.165, 1.54) is 0 Å². The van der Waals surface area contributed by atoms with Crippen LogP contribution in [0.3, 0.4) is 0 Å². The van der Waals surface area contributed by atoms with E-state index in [4.69, 9.17) is 14.2 Å². The number of carbonyl (C=O) groups is 3. The number of allylic oxidation sites excluding steroid dienone is 1. The first-order valence-electron chi connectivity index (χ1n) is 8.72. The van der Waals surface area contributed by atoms with Gasteiger partial charge in [0.1, 0.15) is 11.2 Å². The van der Waals surface area contributed by atoms with Gasteiger partial charge in [-0.3, -0.25) is 0 Å². The summed E-state index contributed by atoms with van der Waals surface area (Å²) in [6.45, 7) is 10.2. The number of likely N-dealkylation sites (tertiary alicyclic amines) is 1. The smallest absolute Gasteiger partial charge is 0.410 e. The largest absolute Gasteiger partial charge is 0.462 e. The summed E-state index contributed by atoms with van der Waals surface area (Å²) in [5.74, 6) is -1.34. The highest BCUT2D eigenvalue weighted by Crippen LogP contribution is 2.22. The monoisotopic (exact) mass is 355 g/mol. The van der Waals surface area contributed by atoms with Gasteiger partial charge in [0.2, 0.25) is 0 Å². The van der Waals surface area contributed by atoms with Crippen LogP contribution in [0.5, 0.6) is 0 Å². The molecule has 0 radical (unpaired) electrons. The fourth-order valence-corrected chi connectivity index (χ4v) is 2.45. The highest BCUT2D eigenvalue weighted by Gasteiger charge is 2.28. The predicted molar refractivity (Wildman–Crippen MR) is 91.9 cm³/mol. The van der Waals surface area contributed by atoms with Gasteiger partial charge in [-0.25, -0.2) is 14.4 Å². The van der Waals surface area contributed by atoms with Crippen molar-refractivity contribution in [1.82, 2.24) is 4.90 Å². The van der Waals surface area contributed by atoms with E-state index < -0.39 is 17.5 Å². The molecule has 0 aliphatic carbocycles. The Morgan fingerprint density at radius 1 is 1.00 bits per heavy atom. The van der Waals surface area contributed by atoms with Crippen LogP contribution in [0.2, 0.25) is 0 Å². The van der Waals surface area contributed by atoms with E-state index in [9.17, 15) is 14.4 Å². The number of carbonyl (C=O) groups excluding carboxylic acids is 3. The van der Waals surface area contributed by atoms with Gasteiger partial charge in [-0.15, -0.1) is 0 Å². The molecule has 142 valence electrons. The summed E-state index contributed by atoms with van der Waals surface area (Å²) in [6.07, 6.45) is 2.55. The molecular formula is C18H29NO6. The maximum absolute atomic E-state index is 12.1. The van der Waals surface area contributed by atoms with Crippen LogP contribution in [0.1, 0.15) is 47.5 Å². The first-order valence-corrected chi connectivity index (χ1v) is 8.72. The summed E-state index contributed by atoms with van der Waals surface area (Å²) in [6, 6.07) is 0. The fraction of sp³-hybridized carbons (Fsp3) is 0.722. The molecule has 0 unspecified atom stereocenters. The number of piperidine rings is 1. The third-order valence-electron chi connectivity index (χ3n) is 3.58. The molecular weight excluding hydrogens is 326 g/mol. The molecule has 1 fully saturated rings. The minimum atomic E-state index is -0.671. The van der Waals surface area contributed by atoms with Crippen molar-refractivity contribution >= 4 is 18.0 Å². The molecule has 0 aromatic carbocycles. The maximum Gasteiger partial charge on any atom is 0.410 e. The van der Waals surface area contributed by atoms with Gasteiger partial charge in [0.15, 0.2) is 0 Å². The molecule has 7 heteroatoms. The highest BCUT2D eigenvalue weighted by molar-refractivity contribution is 6.14. The Bertz CT molecular complexity index is 492. The van der Waals surface area contributed by atoms with Crippen molar-refractivity contribution in [2.45, 2.75) is 53.1 Å². The van der Waals surface area contributed by atoms with Crippen molar-refractivity contribution in [2.75, 3.05) is 26.3 Å². The summed E-state index contributed by atoms with van der Waals surface area (Å²) >= 11 is 0. The van der Waals surface area contributed by atoms with Gasteiger partial charge in [-0.05, 0) is 53.4 Å². The summed E-state index contributed by atoms with van der Waals surface area (Å²) in [7, 11) is 0. The molecule has 1 aliphatic heterocycles. The molecule has 0 N–H and O–H groups in total. The molecule has 0 aromatic heterocycles. The van der Waals surface area contributed by atoms with E-state index in [1.807, 2.05) is 20.8 Å². The van der Waals surface area contributed by atoms with Gasteiger partial charge in [0, 0.05) is 13.1 Å². The number of amides is 1. The third kappa shape index (κ3) is 7.15. The van der Waals surface area contributed by atoms with Crippen molar-refractivity contribution in [1.29, 1.82) is 0 Å². The Morgan fingerprint density at radius 2 is 1.48 bits per heavy atom. The number of rotatable bonds is 5. The van der Waals surface area contributed by atoms with Gasteiger partial charge in [0.25, 0.3) is 0 Å². The molecule has 25 heavy (non-hydrogen) atoms. The Kier molecular flexibility index (Phi) is 7.93. The van der Waals surface area contributed by atoms with Crippen LogP contribution in [0.15, 0.2) is 11.6 Å². The molecule has 0 saturated carbocycles. The molecule has 1 rings (SSSR count). The van der Waals surface area contributed by atoms with Crippen molar-refractivity contribution < 1.29 is 28.6 Å². The van der Waals surface area contributed by atoms with E-state index in [-0.39, 0.29) is 30.8 Å². The zero-order valence-corrected chi connectivity index (χ0v) is 15.8. The van der Waals surface area contributed by atoms with Crippen LogP contribution >= 0.6 is 0 Å². The van der Waals surface area contributed by atoms with Gasteiger partial charge >= 0.3 is 18.0 Å². The molecule has 1 aliphatic rings. The predicted octanol–water partition coefficient (Wildman–Crippen LogP) is 2.69. The number of esters is 2. The number of nitrogens with zero attached hydrogens (tertiary/aromatic N) is 1. The highest BCUT2D eigenvalue weighted by atomic mass is 16.6. The SMILES string of the molecule is CCOC(=O)C(=CC1CCN(C(=O)OC(C)(C)C)CC1)C(=O)OCC. The van der Waals surface area contributed by atoms with Crippen LogP contribution in [-0.2, 0) is 23.8 Å². The second-order valence-electron chi connectivity index (χ2n) is 6.83. The first kappa shape index (κ1) is 21.0. The van der Waals surface area contributed by atoms with Crippen molar-refractivity contribution in [2.24, 2.45) is 5.92 Å². The lowest BCUT2D eigenvalue weighted by atomic mass is 9.94. The average Bonchev–Trinajstić information content (AvgIpc) is 2.51. The topological polar surface area (TPSA) is 82.1 Å². The molecule has 0 bridgehead atoms. The van der Waals surface area contributed by atoms with E-state index in [0.29, 0.717) is 25.9 Å². The zero-order chi connectivity index (χ0) is 19.0. The lowest BCUT2D eigenvalue weighted by Crippen LogP contribution is -2.41. The summed E-state index contributed by atoms with van der Waals surface area (Å²) < 4.78 is 15.2. The Hall–Kier alpha value is -2.05. The van der Waals surface area contributed by atoms with Crippen LogP contribution in [0.4, 0.5) is 4.79 Å². The van der Waals surface area contributed by atoms with Crippen molar-refractivity contribution in [3.8, 4) is 0 Å². The quantitative estimate of drug-likeness (QED) is 0.248. The fourth-order valence-electron chi connectivity index (χ4n) is 2.45. The van der Waals surface area contributed by atoms with Gasteiger partial charge in [-0.1, -0.05) is 6.08 Å². The van der Waals surface area contributed by atoms with Crippen molar-refractivity contribution in [3.05, 3.63) is 11.6 Å². The lowest BCUT2D eigenvalue weighted by Gasteiger charge is -2.32. The molecule has 0 spiro atoms. The molecule has 1 heterocycles. The Labute approximate surface area is 149 Å². The van der Waals surface area contributed by atoms with Gasteiger partial charge in [0.05, 0.1) is 13.2 Å². The second kappa shape index (κ2) is 9.44. The average molecular weight is 355 g/mol. The van der Waals surface area contributed by atoms with Gasteiger partial charge < -0.3 is 19.1 Å². The number of ether oxygens (including phenoxy) is 3. The van der Waals surface area contributed by atoms with E-state index in [0.717, 1.165) is 0 Å². The van der Waals surface area contributed by atoms with Crippen LogP contribution in [0.25, 0.3) is 0 Å². The van der Waals surface area contributed by atoms with E-state index >= 15 is 0 Å². The second-order valence-corrected chi connectivity index (χ2v) is 6.83. The lowest BCUT2D eigenvalue weighted by molar-refractivity contribution is -0.146. The minimum absolute atomic E-state index is 0.00231. The number of hydrogen-bond acceptors (Lipinski definition) is 6. The molecule has 0 aromatic rings. The molecule has 1 saturated heterocycles.